The van der Waals surface area contributed by atoms with E-state index in [0.29, 0.717) is 0 Å². The predicted octanol–water partition coefficient (Wildman–Crippen LogP) is 16.3. The van der Waals surface area contributed by atoms with Crippen LogP contribution in [0.1, 0.15) is 47.2 Å². The van der Waals surface area contributed by atoms with Gasteiger partial charge in [0.25, 0.3) is 0 Å². The smallest absolute Gasteiger partial charge is 0.0726 e. The third kappa shape index (κ3) is 4.99. The summed E-state index contributed by atoms with van der Waals surface area (Å²) in [6.45, 7) is 4.80. The molecule has 0 N–H and O–H groups in total. The molecule has 296 valence electrons. The van der Waals surface area contributed by atoms with E-state index in [2.05, 4.69) is 243 Å². The fraction of sp³-hybridized carbons (Fsp3) is 0.0645. The molecule has 0 radical (unpaired) electrons. The van der Waals surface area contributed by atoms with Crippen molar-refractivity contribution in [3.05, 3.63) is 258 Å². The highest BCUT2D eigenvalue weighted by Gasteiger charge is 2.52. The van der Waals surface area contributed by atoms with Crippen molar-refractivity contribution in [3.63, 3.8) is 0 Å². The van der Waals surface area contributed by atoms with Gasteiger partial charge < -0.3 is 4.90 Å². The maximum Gasteiger partial charge on any atom is 0.0726 e. The van der Waals surface area contributed by atoms with Crippen LogP contribution in [-0.4, -0.2) is 0 Å². The Hall–Kier alpha value is -7.74. The Morgan fingerprint density at radius 3 is 1.57 bits per heavy atom. The Kier molecular flexibility index (Phi) is 7.64. The molecule has 0 saturated heterocycles. The molecule has 0 saturated carbocycles. The van der Waals surface area contributed by atoms with Crippen molar-refractivity contribution in [2.45, 2.75) is 24.7 Å². The summed E-state index contributed by atoms with van der Waals surface area (Å²) >= 11 is 0. The van der Waals surface area contributed by atoms with Gasteiger partial charge in [-0.05, 0) is 131 Å². The molecule has 10 aromatic carbocycles. The first-order valence-corrected chi connectivity index (χ1v) is 22.2. The Morgan fingerprint density at radius 1 is 0.317 bits per heavy atom. The van der Waals surface area contributed by atoms with Crippen LogP contribution < -0.4 is 4.90 Å². The molecule has 0 unspecified atom stereocenters. The first-order valence-electron chi connectivity index (χ1n) is 22.2. The lowest BCUT2D eigenvalue weighted by Crippen LogP contribution is -2.26. The van der Waals surface area contributed by atoms with Crippen molar-refractivity contribution in [2.24, 2.45) is 0 Å². The van der Waals surface area contributed by atoms with E-state index >= 15 is 0 Å². The maximum atomic E-state index is 2.53. The van der Waals surface area contributed by atoms with Gasteiger partial charge in [-0.25, -0.2) is 0 Å². The molecule has 0 bridgehead atoms. The first kappa shape index (κ1) is 36.0. The van der Waals surface area contributed by atoms with E-state index in [1.807, 2.05) is 0 Å². The molecule has 0 amide bonds. The van der Waals surface area contributed by atoms with Gasteiger partial charge in [0.2, 0.25) is 0 Å². The highest BCUT2D eigenvalue weighted by molar-refractivity contribution is 6.02. The van der Waals surface area contributed by atoms with Gasteiger partial charge in [-0.1, -0.05) is 202 Å². The van der Waals surface area contributed by atoms with Crippen molar-refractivity contribution >= 4 is 27.8 Å². The standard InChI is InChI=1S/C62H43N/c1-61(2)57-38-43(40-16-4-3-5-17-40)32-36-50(57)51-37-35-45(39-58(51)61)63(44-33-30-42(31-34-44)47-24-14-19-41-18-6-7-20-46(41)47)59-29-15-28-56-60(59)52-23-10-13-27-55(52)62(56)53-25-11-8-21-48(53)49-22-9-12-26-54(49)62/h3-39H,1-2H3. The molecule has 10 aromatic rings. The van der Waals surface area contributed by atoms with Gasteiger partial charge >= 0.3 is 0 Å². The van der Waals surface area contributed by atoms with Crippen molar-refractivity contribution in [3.8, 4) is 55.6 Å². The Balaban J connectivity index is 1.04. The third-order valence-electron chi connectivity index (χ3n) is 14.5. The minimum Gasteiger partial charge on any atom is -0.310 e. The molecule has 0 aromatic heterocycles. The zero-order valence-corrected chi connectivity index (χ0v) is 35.3. The van der Waals surface area contributed by atoms with E-state index in [0.717, 1.165) is 11.4 Å². The van der Waals surface area contributed by atoms with Crippen LogP contribution in [0, 0.1) is 0 Å². The average Bonchev–Trinajstić information content (AvgIpc) is 3.90. The number of rotatable bonds is 5. The summed E-state index contributed by atoms with van der Waals surface area (Å²) in [4.78, 5) is 2.53. The molecule has 0 aliphatic heterocycles. The van der Waals surface area contributed by atoms with Gasteiger partial charge in [0, 0.05) is 22.4 Å². The number of fused-ring (bicyclic) bond motifs is 14. The van der Waals surface area contributed by atoms with Gasteiger partial charge in [0.1, 0.15) is 0 Å². The molecule has 13 rings (SSSR count). The zero-order valence-electron chi connectivity index (χ0n) is 35.3. The molecule has 3 aliphatic rings. The SMILES string of the molecule is CC1(C)c2cc(-c3ccccc3)ccc2-c2ccc(N(c3ccc(-c4cccc5ccccc45)cc3)c3cccc4c3-c3ccccc3C43c4ccccc4-c4ccccc43)cc21. The molecule has 1 nitrogen and oxygen atoms in total. The topological polar surface area (TPSA) is 3.24 Å². The summed E-state index contributed by atoms with van der Waals surface area (Å²) in [5.74, 6) is 0. The van der Waals surface area contributed by atoms with Crippen molar-refractivity contribution in [1.29, 1.82) is 0 Å². The molecule has 63 heavy (non-hydrogen) atoms. The summed E-state index contributed by atoms with van der Waals surface area (Å²) in [6.07, 6.45) is 0. The maximum absolute atomic E-state index is 2.53. The molecule has 0 atom stereocenters. The third-order valence-corrected chi connectivity index (χ3v) is 14.5. The zero-order chi connectivity index (χ0) is 41.9. The van der Waals surface area contributed by atoms with Gasteiger partial charge in [-0.15, -0.1) is 0 Å². The van der Waals surface area contributed by atoms with Crippen LogP contribution in [0.2, 0.25) is 0 Å². The quantitative estimate of drug-likeness (QED) is 0.168. The molecule has 1 heteroatoms. The van der Waals surface area contributed by atoms with Crippen LogP contribution in [0.5, 0.6) is 0 Å². The summed E-state index contributed by atoms with van der Waals surface area (Å²) in [5.41, 5.74) is 23.7. The molecule has 1 spiro atoms. The lowest BCUT2D eigenvalue weighted by molar-refractivity contribution is 0.660. The number of hydrogen-bond acceptors (Lipinski definition) is 1. The Morgan fingerprint density at radius 2 is 0.825 bits per heavy atom. The van der Waals surface area contributed by atoms with Crippen molar-refractivity contribution in [1.82, 2.24) is 0 Å². The molecular formula is C62H43N. The minimum absolute atomic E-state index is 0.206. The van der Waals surface area contributed by atoms with Crippen molar-refractivity contribution in [2.75, 3.05) is 4.90 Å². The van der Waals surface area contributed by atoms with E-state index in [1.54, 1.807) is 0 Å². The van der Waals surface area contributed by atoms with Crippen LogP contribution >= 0.6 is 0 Å². The van der Waals surface area contributed by atoms with Gasteiger partial charge in [-0.2, -0.15) is 0 Å². The Bertz CT molecular complexity index is 3430. The van der Waals surface area contributed by atoms with Crippen LogP contribution in [0.4, 0.5) is 17.1 Å². The molecule has 0 heterocycles. The Labute approximate surface area is 369 Å². The van der Waals surface area contributed by atoms with Crippen molar-refractivity contribution < 1.29 is 0 Å². The lowest BCUT2D eigenvalue weighted by atomic mass is 9.70. The van der Waals surface area contributed by atoms with Gasteiger partial charge in [0.05, 0.1) is 11.1 Å². The summed E-state index contributed by atoms with van der Waals surface area (Å²) in [6, 6.07) is 84.0. The number of benzene rings is 10. The van der Waals surface area contributed by atoms with Crippen LogP contribution in [0.25, 0.3) is 66.4 Å². The number of anilines is 3. The predicted molar refractivity (Wildman–Crippen MR) is 263 cm³/mol. The highest BCUT2D eigenvalue weighted by Crippen LogP contribution is 2.65. The molecular weight excluding hydrogens is 759 g/mol. The average molecular weight is 802 g/mol. The van der Waals surface area contributed by atoms with E-state index in [4.69, 9.17) is 0 Å². The van der Waals surface area contributed by atoms with E-state index in [1.165, 1.54) is 105 Å². The lowest BCUT2D eigenvalue weighted by Gasteiger charge is -2.32. The monoisotopic (exact) mass is 801 g/mol. The van der Waals surface area contributed by atoms with E-state index in [9.17, 15) is 0 Å². The van der Waals surface area contributed by atoms with E-state index < -0.39 is 5.41 Å². The number of nitrogens with zero attached hydrogens (tertiary/aromatic N) is 1. The highest BCUT2D eigenvalue weighted by atomic mass is 15.1. The summed E-state index contributed by atoms with van der Waals surface area (Å²) in [7, 11) is 0. The largest absolute Gasteiger partial charge is 0.310 e. The number of hydrogen-bond donors (Lipinski definition) is 0. The second-order valence-corrected chi connectivity index (χ2v) is 18.0. The van der Waals surface area contributed by atoms with Crippen LogP contribution in [0.3, 0.4) is 0 Å². The fourth-order valence-corrected chi connectivity index (χ4v) is 11.7. The van der Waals surface area contributed by atoms with Gasteiger partial charge in [-0.3, -0.25) is 0 Å². The fourth-order valence-electron chi connectivity index (χ4n) is 11.7. The summed E-state index contributed by atoms with van der Waals surface area (Å²) < 4.78 is 0. The van der Waals surface area contributed by atoms with Crippen LogP contribution in [-0.2, 0) is 10.8 Å². The second kappa shape index (κ2) is 13.4. The second-order valence-electron chi connectivity index (χ2n) is 18.0. The normalized spacial score (nSPS) is 14.1. The minimum atomic E-state index is -0.433. The molecule has 3 aliphatic carbocycles. The van der Waals surface area contributed by atoms with E-state index in [-0.39, 0.29) is 5.41 Å². The first-order chi connectivity index (χ1) is 31.0. The molecule has 0 fully saturated rings. The van der Waals surface area contributed by atoms with Crippen LogP contribution in [0.15, 0.2) is 224 Å². The van der Waals surface area contributed by atoms with Gasteiger partial charge in [0.15, 0.2) is 0 Å². The summed E-state index contributed by atoms with van der Waals surface area (Å²) in [5, 5.41) is 2.52.